The van der Waals surface area contributed by atoms with E-state index in [0.717, 1.165) is 17.0 Å². The summed E-state index contributed by atoms with van der Waals surface area (Å²) in [7, 11) is 0. The number of benzene rings is 2. The highest BCUT2D eigenvalue weighted by molar-refractivity contribution is 6.00. The number of ether oxygens (including phenoxy) is 1. The molecule has 2 aromatic carbocycles. The molecule has 0 radical (unpaired) electrons. The standard InChI is InChI=1S/C18H18N2O3/c1-12-4-2-3-5-16(12)23-15-8-6-14(7-9-15)20-11-13(18(19)22)10-17(20)21/h2-9,13H,10-11H2,1H3,(H2,19,22). The number of nitrogens with zero attached hydrogens (tertiary/aromatic N) is 1. The highest BCUT2D eigenvalue weighted by Crippen LogP contribution is 2.29. The van der Waals surface area contributed by atoms with Gasteiger partial charge in [-0.2, -0.15) is 0 Å². The summed E-state index contributed by atoms with van der Waals surface area (Å²) in [6.45, 7) is 2.32. The molecule has 1 aliphatic rings. The van der Waals surface area contributed by atoms with Crippen LogP contribution in [0, 0.1) is 12.8 Å². The quantitative estimate of drug-likeness (QED) is 0.943. The molecule has 5 heteroatoms. The minimum absolute atomic E-state index is 0.0821. The molecule has 0 spiro atoms. The first kappa shape index (κ1) is 15.1. The number of anilines is 1. The summed E-state index contributed by atoms with van der Waals surface area (Å²) >= 11 is 0. The van der Waals surface area contributed by atoms with Crippen molar-refractivity contribution in [1.82, 2.24) is 0 Å². The Balaban J connectivity index is 1.74. The number of carbonyl (C=O) groups excluding carboxylic acids is 2. The Morgan fingerprint density at radius 1 is 1.17 bits per heavy atom. The van der Waals surface area contributed by atoms with E-state index in [-0.39, 0.29) is 12.3 Å². The molecule has 0 saturated carbocycles. The summed E-state index contributed by atoms with van der Waals surface area (Å²) in [5.74, 6) is 0.569. The highest BCUT2D eigenvalue weighted by atomic mass is 16.5. The first-order chi connectivity index (χ1) is 11.0. The van der Waals surface area contributed by atoms with Gasteiger partial charge in [0.15, 0.2) is 0 Å². The second kappa shape index (κ2) is 6.12. The minimum Gasteiger partial charge on any atom is -0.457 e. The van der Waals surface area contributed by atoms with Gasteiger partial charge in [-0.1, -0.05) is 18.2 Å². The molecule has 1 fully saturated rings. The van der Waals surface area contributed by atoms with E-state index in [9.17, 15) is 9.59 Å². The monoisotopic (exact) mass is 310 g/mol. The van der Waals surface area contributed by atoms with Gasteiger partial charge in [-0.15, -0.1) is 0 Å². The maximum absolute atomic E-state index is 12.0. The molecule has 0 bridgehead atoms. The Morgan fingerprint density at radius 3 is 2.48 bits per heavy atom. The van der Waals surface area contributed by atoms with Crippen LogP contribution in [0.15, 0.2) is 48.5 Å². The Morgan fingerprint density at radius 2 is 1.87 bits per heavy atom. The predicted molar refractivity (Wildman–Crippen MR) is 87.3 cm³/mol. The Bertz CT molecular complexity index is 740. The van der Waals surface area contributed by atoms with Gasteiger partial charge in [-0.05, 0) is 42.8 Å². The maximum Gasteiger partial charge on any atom is 0.227 e. The Labute approximate surface area is 134 Å². The number of carbonyl (C=O) groups is 2. The third kappa shape index (κ3) is 3.18. The number of nitrogens with two attached hydrogens (primary N) is 1. The van der Waals surface area contributed by atoms with Gasteiger partial charge < -0.3 is 15.4 Å². The molecular formula is C18H18N2O3. The van der Waals surface area contributed by atoms with Crippen LogP contribution in [0.1, 0.15) is 12.0 Å². The summed E-state index contributed by atoms with van der Waals surface area (Å²) in [6.07, 6.45) is 0.177. The normalized spacial score (nSPS) is 17.3. The van der Waals surface area contributed by atoms with Crippen molar-refractivity contribution in [2.75, 3.05) is 11.4 Å². The van der Waals surface area contributed by atoms with Crippen LogP contribution in [0.5, 0.6) is 11.5 Å². The zero-order valence-electron chi connectivity index (χ0n) is 12.9. The fourth-order valence-corrected chi connectivity index (χ4v) is 2.64. The van der Waals surface area contributed by atoms with Gasteiger partial charge in [-0.25, -0.2) is 0 Å². The van der Waals surface area contributed by atoms with E-state index in [4.69, 9.17) is 10.5 Å². The first-order valence-corrected chi connectivity index (χ1v) is 7.48. The molecular weight excluding hydrogens is 292 g/mol. The molecule has 0 aliphatic carbocycles. The number of hydrogen-bond donors (Lipinski definition) is 1. The fourth-order valence-electron chi connectivity index (χ4n) is 2.64. The molecule has 1 aliphatic heterocycles. The average molecular weight is 310 g/mol. The summed E-state index contributed by atoms with van der Waals surface area (Å²) in [5.41, 5.74) is 7.08. The molecule has 2 N–H and O–H groups in total. The van der Waals surface area contributed by atoms with Crippen molar-refractivity contribution in [2.45, 2.75) is 13.3 Å². The summed E-state index contributed by atoms with van der Waals surface area (Å²) < 4.78 is 5.84. The minimum atomic E-state index is -0.430. The van der Waals surface area contributed by atoms with E-state index in [1.165, 1.54) is 0 Å². The van der Waals surface area contributed by atoms with Crippen LogP contribution in [0.4, 0.5) is 5.69 Å². The third-order valence-corrected chi connectivity index (χ3v) is 4.00. The van der Waals surface area contributed by atoms with Crippen molar-refractivity contribution >= 4 is 17.5 Å². The largest absolute Gasteiger partial charge is 0.457 e. The van der Waals surface area contributed by atoms with Crippen LogP contribution in [0.3, 0.4) is 0 Å². The van der Waals surface area contributed by atoms with Gasteiger partial charge in [0, 0.05) is 18.7 Å². The molecule has 1 unspecified atom stereocenters. The second-order valence-electron chi connectivity index (χ2n) is 5.67. The van der Waals surface area contributed by atoms with E-state index < -0.39 is 11.8 Å². The molecule has 3 rings (SSSR count). The summed E-state index contributed by atoms with van der Waals surface area (Å²) in [4.78, 5) is 24.8. The first-order valence-electron chi connectivity index (χ1n) is 7.48. The van der Waals surface area contributed by atoms with Gasteiger partial charge in [0.05, 0.1) is 5.92 Å². The number of hydrogen-bond acceptors (Lipinski definition) is 3. The van der Waals surface area contributed by atoms with Crippen molar-refractivity contribution in [3.8, 4) is 11.5 Å². The van der Waals surface area contributed by atoms with Gasteiger partial charge >= 0.3 is 0 Å². The number of amides is 2. The molecule has 2 amide bonds. The molecule has 0 aromatic heterocycles. The third-order valence-electron chi connectivity index (χ3n) is 4.00. The molecule has 1 saturated heterocycles. The van der Waals surface area contributed by atoms with E-state index in [2.05, 4.69) is 0 Å². The number of primary amides is 1. The van der Waals surface area contributed by atoms with Crippen LogP contribution in [-0.2, 0) is 9.59 Å². The summed E-state index contributed by atoms with van der Waals surface area (Å²) in [6, 6.07) is 15.0. The van der Waals surface area contributed by atoms with Crippen molar-refractivity contribution in [2.24, 2.45) is 11.7 Å². The molecule has 1 heterocycles. The van der Waals surface area contributed by atoms with Crippen LogP contribution >= 0.6 is 0 Å². The molecule has 23 heavy (non-hydrogen) atoms. The smallest absolute Gasteiger partial charge is 0.227 e. The van der Waals surface area contributed by atoms with Crippen molar-refractivity contribution in [1.29, 1.82) is 0 Å². The highest BCUT2D eigenvalue weighted by Gasteiger charge is 2.33. The van der Waals surface area contributed by atoms with Crippen molar-refractivity contribution in [3.63, 3.8) is 0 Å². The molecule has 1 atom stereocenters. The van der Waals surface area contributed by atoms with Crippen LogP contribution in [0.2, 0.25) is 0 Å². The fraction of sp³-hybridized carbons (Fsp3) is 0.222. The lowest BCUT2D eigenvalue weighted by Crippen LogP contribution is -2.28. The molecule has 2 aromatic rings. The van der Waals surface area contributed by atoms with Crippen LogP contribution < -0.4 is 15.4 Å². The van der Waals surface area contributed by atoms with E-state index >= 15 is 0 Å². The molecule has 118 valence electrons. The van der Waals surface area contributed by atoms with E-state index in [1.807, 2.05) is 55.5 Å². The molecule has 5 nitrogen and oxygen atoms in total. The SMILES string of the molecule is Cc1ccccc1Oc1ccc(N2CC(C(N)=O)CC2=O)cc1. The second-order valence-corrected chi connectivity index (χ2v) is 5.67. The van der Waals surface area contributed by atoms with E-state index in [0.29, 0.717) is 12.3 Å². The van der Waals surface area contributed by atoms with Crippen LogP contribution in [0.25, 0.3) is 0 Å². The zero-order valence-corrected chi connectivity index (χ0v) is 12.9. The van der Waals surface area contributed by atoms with Gasteiger partial charge in [-0.3, -0.25) is 9.59 Å². The average Bonchev–Trinajstić information content (AvgIpc) is 2.93. The number of para-hydroxylation sites is 1. The zero-order chi connectivity index (χ0) is 16.4. The van der Waals surface area contributed by atoms with E-state index in [1.54, 1.807) is 4.90 Å². The maximum atomic E-state index is 12.0. The Hall–Kier alpha value is -2.82. The predicted octanol–water partition coefficient (Wildman–Crippen LogP) is 2.63. The van der Waals surface area contributed by atoms with Gasteiger partial charge in [0.1, 0.15) is 11.5 Å². The van der Waals surface area contributed by atoms with Crippen molar-refractivity contribution in [3.05, 3.63) is 54.1 Å². The summed E-state index contributed by atoms with van der Waals surface area (Å²) in [5, 5.41) is 0. The topological polar surface area (TPSA) is 72.6 Å². The van der Waals surface area contributed by atoms with Crippen molar-refractivity contribution < 1.29 is 14.3 Å². The lowest BCUT2D eigenvalue weighted by Gasteiger charge is -2.17. The van der Waals surface area contributed by atoms with Gasteiger partial charge in [0.25, 0.3) is 0 Å². The Kier molecular flexibility index (Phi) is 4.02. The van der Waals surface area contributed by atoms with Crippen LogP contribution in [-0.4, -0.2) is 18.4 Å². The number of rotatable bonds is 4. The number of aryl methyl sites for hydroxylation is 1. The lowest BCUT2D eigenvalue weighted by atomic mass is 10.1. The lowest BCUT2D eigenvalue weighted by molar-refractivity contribution is -0.123. The van der Waals surface area contributed by atoms with Gasteiger partial charge in [0.2, 0.25) is 11.8 Å².